The van der Waals surface area contributed by atoms with Crippen molar-refractivity contribution >= 4 is 20.7 Å². The van der Waals surface area contributed by atoms with E-state index in [2.05, 4.69) is 20.9 Å². The van der Waals surface area contributed by atoms with Crippen LogP contribution in [0, 0.1) is 0 Å². The molecule has 2 aromatic heterocycles. The number of aliphatic hydroxyl groups excluding tert-OH is 1. The van der Waals surface area contributed by atoms with Crippen LogP contribution in [0.25, 0.3) is 10.9 Å². The minimum Gasteiger partial charge on any atom is -0.396 e. The van der Waals surface area contributed by atoms with E-state index in [-0.39, 0.29) is 16.5 Å². The van der Waals surface area contributed by atoms with E-state index in [9.17, 15) is 8.42 Å². The second-order valence-corrected chi connectivity index (χ2v) is 9.35. The number of rotatable bonds is 6. The molecule has 6 nitrogen and oxygen atoms in total. The molecule has 152 valence electrons. The topological polar surface area (TPSA) is 83.4 Å². The molecule has 0 spiro atoms. The van der Waals surface area contributed by atoms with Gasteiger partial charge in [-0.2, -0.15) is 0 Å². The Kier molecular flexibility index (Phi) is 5.89. The van der Waals surface area contributed by atoms with E-state index in [0.29, 0.717) is 5.92 Å². The summed E-state index contributed by atoms with van der Waals surface area (Å²) in [5, 5.41) is 9.89. The fourth-order valence-corrected chi connectivity index (χ4v) is 5.20. The Morgan fingerprint density at radius 1 is 1.07 bits per heavy atom. The van der Waals surface area contributed by atoms with Gasteiger partial charge < -0.3 is 10.0 Å². The molecule has 1 N–H and O–H groups in total. The van der Waals surface area contributed by atoms with Crippen molar-refractivity contribution < 1.29 is 13.5 Å². The predicted molar refractivity (Wildman–Crippen MR) is 112 cm³/mol. The number of fused-ring (bicyclic) bond motifs is 1. The molecule has 29 heavy (non-hydrogen) atoms. The van der Waals surface area contributed by atoms with Crippen molar-refractivity contribution in [3.05, 3.63) is 60.4 Å². The van der Waals surface area contributed by atoms with Crippen LogP contribution in [0.3, 0.4) is 0 Å². The number of benzene rings is 1. The van der Waals surface area contributed by atoms with Crippen LogP contribution in [-0.2, 0) is 9.84 Å². The zero-order chi connectivity index (χ0) is 20.3. The molecule has 1 fully saturated rings. The molecule has 1 saturated heterocycles. The lowest BCUT2D eigenvalue weighted by Crippen LogP contribution is -2.34. The molecule has 0 amide bonds. The van der Waals surface area contributed by atoms with E-state index < -0.39 is 9.84 Å². The summed E-state index contributed by atoms with van der Waals surface area (Å²) < 4.78 is 25.7. The summed E-state index contributed by atoms with van der Waals surface area (Å²) in [6, 6.07) is 12.6. The van der Waals surface area contributed by atoms with Gasteiger partial charge in [0.05, 0.1) is 10.4 Å². The van der Waals surface area contributed by atoms with E-state index >= 15 is 0 Å². The lowest BCUT2D eigenvalue weighted by atomic mass is 9.88. The molecule has 0 unspecified atom stereocenters. The summed E-state index contributed by atoms with van der Waals surface area (Å²) in [6.45, 7) is 3.18. The van der Waals surface area contributed by atoms with Gasteiger partial charge in [-0.25, -0.2) is 13.4 Å². The minimum atomic E-state index is -3.69. The fraction of sp³-hybridized carbons (Fsp3) is 0.364. The molecule has 0 radical (unpaired) electrons. The van der Waals surface area contributed by atoms with E-state index in [1.165, 1.54) is 24.0 Å². The van der Waals surface area contributed by atoms with Crippen molar-refractivity contribution in [3.8, 4) is 0 Å². The summed E-state index contributed by atoms with van der Waals surface area (Å²) >= 11 is 0. The summed E-state index contributed by atoms with van der Waals surface area (Å²) in [5.41, 5.74) is 2.06. The number of piperidine rings is 1. The summed E-state index contributed by atoms with van der Waals surface area (Å²) in [5.74, 6) is 0.412. The number of hydrogen-bond acceptors (Lipinski definition) is 6. The van der Waals surface area contributed by atoms with Crippen LogP contribution >= 0.6 is 0 Å². The molecule has 1 aliphatic rings. The Morgan fingerprint density at radius 3 is 2.62 bits per heavy atom. The summed E-state index contributed by atoms with van der Waals surface area (Å²) in [4.78, 5) is 11.1. The number of aliphatic hydroxyl groups is 1. The monoisotopic (exact) mass is 411 g/mol. The Hall–Kier alpha value is -2.35. The van der Waals surface area contributed by atoms with Gasteiger partial charge in [-0.15, -0.1) is 0 Å². The largest absolute Gasteiger partial charge is 0.396 e. The summed E-state index contributed by atoms with van der Waals surface area (Å²) in [6.07, 6.45) is 5.83. The van der Waals surface area contributed by atoms with E-state index in [1.54, 1.807) is 18.2 Å². The van der Waals surface area contributed by atoms with Crippen molar-refractivity contribution in [3.63, 3.8) is 0 Å². The lowest BCUT2D eigenvalue weighted by molar-refractivity contribution is 0.188. The van der Waals surface area contributed by atoms with Gasteiger partial charge in [-0.05, 0) is 62.0 Å². The molecule has 3 heterocycles. The first-order valence-electron chi connectivity index (χ1n) is 9.97. The maximum atomic E-state index is 12.9. The first kappa shape index (κ1) is 19.9. The predicted octanol–water partition coefficient (Wildman–Crippen LogP) is 3.02. The van der Waals surface area contributed by atoms with Gasteiger partial charge in [0, 0.05) is 30.9 Å². The first-order valence-corrected chi connectivity index (χ1v) is 11.5. The highest BCUT2D eigenvalue weighted by atomic mass is 32.2. The average Bonchev–Trinajstić information content (AvgIpc) is 2.78. The third-order valence-corrected chi connectivity index (χ3v) is 7.24. The van der Waals surface area contributed by atoms with Crippen molar-refractivity contribution in [1.82, 2.24) is 14.9 Å². The number of sulfone groups is 1. The fourth-order valence-electron chi connectivity index (χ4n) is 4.03. The quantitative estimate of drug-likeness (QED) is 0.671. The van der Waals surface area contributed by atoms with Crippen LogP contribution in [0.4, 0.5) is 0 Å². The third-order valence-electron chi connectivity index (χ3n) is 5.60. The first-order chi connectivity index (χ1) is 14.1. The van der Waals surface area contributed by atoms with Crippen molar-refractivity contribution in [2.75, 3.05) is 26.2 Å². The zero-order valence-corrected chi connectivity index (χ0v) is 17.1. The molecular weight excluding hydrogens is 386 g/mol. The third kappa shape index (κ3) is 4.17. The van der Waals surface area contributed by atoms with Crippen molar-refractivity contribution in [2.45, 2.75) is 35.1 Å². The molecule has 4 rings (SSSR count). The van der Waals surface area contributed by atoms with Gasteiger partial charge in [0.25, 0.3) is 0 Å². The van der Waals surface area contributed by atoms with Crippen LogP contribution in [0.15, 0.2) is 64.8 Å². The maximum absolute atomic E-state index is 12.9. The SMILES string of the molecule is O=S(=O)(c1cnc2c(C3CCN(CCCO)CC3)cccc2c1)c1ccccn1. The standard InChI is InChI=1S/C22H25N3O3S/c26-14-4-11-25-12-8-17(9-13-25)20-6-3-5-18-15-19(16-24-22(18)20)29(27,28)21-7-1-2-10-23-21/h1-3,5-7,10,15-17,26H,4,8-9,11-14H2. The van der Waals surface area contributed by atoms with Gasteiger partial charge in [0.2, 0.25) is 9.84 Å². The van der Waals surface area contributed by atoms with Crippen LogP contribution in [0.1, 0.15) is 30.7 Å². The van der Waals surface area contributed by atoms with Gasteiger partial charge in [-0.1, -0.05) is 24.3 Å². The Labute approximate surface area is 171 Å². The van der Waals surface area contributed by atoms with Crippen LogP contribution in [0.2, 0.25) is 0 Å². The molecule has 1 aromatic carbocycles. The normalized spacial score (nSPS) is 16.3. The van der Waals surface area contributed by atoms with Gasteiger partial charge >= 0.3 is 0 Å². The molecule has 0 saturated carbocycles. The highest BCUT2D eigenvalue weighted by Gasteiger charge is 2.24. The number of pyridine rings is 2. The molecule has 3 aromatic rings. The maximum Gasteiger partial charge on any atom is 0.225 e. The smallest absolute Gasteiger partial charge is 0.225 e. The molecule has 0 aliphatic carbocycles. The highest BCUT2D eigenvalue weighted by Crippen LogP contribution is 2.33. The molecule has 7 heteroatoms. The second kappa shape index (κ2) is 8.57. The molecular formula is C22H25N3O3S. The van der Waals surface area contributed by atoms with Gasteiger partial charge in [0.1, 0.15) is 0 Å². The Balaban J connectivity index is 1.61. The Bertz CT molecular complexity index is 1080. The Morgan fingerprint density at radius 2 is 1.90 bits per heavy atom. The summed E-state index contributed by atoms with van der Waals surface area (Å²) in [7, 11) is -3.69. The molecule has 0 atom stereocenters. The number of nitrogens with zero attached hydrogens (tertiary/aromatic N) is 3. The highest BCUT2D eigenvalue weighted by molar-refractivity contribution is 7.91. The number of aromatic nitrogens is 2. The average molecular weight is 412 g/mol. The van der Waals surface area contributed by atoms with Crippen molar-refractivity contribution in [2.24, 2.45) is 0 Å². The molecule has 0 bridgehead atoms. The van der Waals surface area contributed by atoms with Crippen LogP contribution < -0.4 is 0 Å². The number of hydrogen-bond donors (Lipinski definition) is 1. The van der Waals surface area contributed by atoms with E-state index in [0.717, 1.165) is 49.8 Å². The second-order valence-electron chi connectivity index (χ2n) is 7.45. The number of likely N-dealkylation sites (tertiary alicyclic amines) is 1. The lowest BCUT2D eigenvalue weighted by Gasteiger charge is -2.32. The molecule has 1 aliphatic heterocycles. The van der Waals surface area contributed by atoms with E-state index in [4.69, 9.17) is 5.11 Å². The van der Waals surface area contributed by atoms with Crippen LogP contribution in [-0.4, -0.2) is 54.6 Å². The van der Waals surface area contributed by atoms with Gasteiger partial charge in [-0.3, -0.25) is 4.98 Å². The minimum absolute atomic E-state index is 0.0348. The van der Waals surface area contributed by atoms with E-state index in [1.807, 2.05) is 12.1 Å². The van der Waals surface area contributed by atoms with Crippen molar-refractivity contribution in [1.29, 1.82) is 0 Å². The zero-order valence-electron chi connectivity index (χ0n) is 16.2. The number of para-hydroxylation sites is 1. The van der Waals surface area contributed by atoms with Crippen LogP contribution in [0.5, 0.6) is 0 Å². The van der Waals surface area contributed by atoms with Gasteiger partial charge in [0.15, 0.2) is 5.03 Å².